The van der Waals surface area contributed by atoms with Gasteiger partial charge in [0.25, 0.3) is 0 Å². The van der Waals surface area contributed by atoms with Gasteiger partial charge in [-0.15, -0.1) is 11.3 Å². The Labute approximate surface area is 116 Å². The lowest BCUT2D eigenvalue weighted by atomic mass is 10.2. The zero-order valence-corrected chi connectivity index (χ0v) is 12.1. The number of anilines is 1. The maximum atomic E-state index is 12.1. The zero-order chi connectivity index (χ0) is 14.2. The molecule has 0 radical (unpaired) electrons. The van der Waals surface area contributed by atoms with E-state index in [1.54, 1.807) is 16.3 Å². The fourth-order valence-corrected chi connectivity index (χ4v) is 2.85. The molecular formula is C13H18N2O3S. The van der Waals surface area contributed by atoms with Crippen molar-refractivity contribution in [2.45, 2.75) is 38.8 Å². The van der Waals surface area contributed by atoms with E-state index in [0.717, 1.165) is 0 Å². The van der Waals surface area contributed by atoms with Crippen LogP contribution in [0.3, 0.4) is 0 Å². The Hall–Kier alpha value is -1.40. The number of amides is 1. The number of hydrogen-bond donors (Lipinski definition) is 1. The van der Waals surface area contributed by atoms with Crippen LogP contribution >= 0.6 is 11.3 Å². The molecule has 0 saturated carbocycles. The highest BCUT2D eigenvalue weighted by Crippen LogP contribution is 2.32. The van der Waals surface area contributed by atoms with Gasteiger partial charge in [0.05, 0.1) is 5.56 Å². The van der Waals surface area contributed by atoms with Crippen molar-refractivity contribution in [2.75, 3.05) is 11.4 Å². The van der Waals surface area contributed by atoms with Gasteiger partial charge in [0.15, 0.2) is 0 Å². The first kappa shape index (κ1) is 14.0. The molecule has 1 aromatic rings. The van der Waals surface area contributed by atoms with Gasteiger partial charge in [-0.05, 0) is 32.2 Å². The zero-order valence-electron chi connectivity index (χ0n) is 11.3. The number of hydrogen-bond acceptors (Lipinski definition) is 5. The minimum Gasteiger partial charge on any atom is -0.456 e. The van der Waals surface area contributed by atoms with Gasteiger partial charge >= 0.3 is 5.97 Å². The summed E-state index contributed by atoms with van der Waals surface area (Å²) in [4.78, 5) is 25.5. The third-order valence-electron chi connectivity index (χ3n) is 2.66. The molecule has 2 rings (SSSR count). The second-order valence-electron chi connectivity index (χ2n) is 5.61. The van der Waals surface area contributed by atoms with E-state index in [1.165, 1.54) is 11.3 Å². The molecule has 0 aliphatic carbocycles. The largest absolute Gasteiger partial charge is 0.456 e. The Kier molecular flexibility index (Phi) is 3.64. The monoisotopic (exact) mass is 282 g/mol. The number of esters is 1. The highest BCUT2D eigenvalue weighted by molar-refractivity contribution is 7.14. The highest BCUT2D eigenvalue weighted by atomic mass is 32.1. The summed E-state index contributed by atoms with van der Waals surface area (Å²) in [7, 11) is 0. The van der Waals surface area contributed by atoms with Crippen molar-refractivity contribution in [3.8, 4) is 0 Å². The number of carbonyl (C=O) groups excluding carboxylic acids is 2. The quantitative estimate of drug-likeness (QED) is 0.839. The average molecular weight is 282 g/mol. The first-order chi connectivity index (χ1) is 8.78. The Morgan fingerprint density at radius 1 is 1.53 bits per heavy atom. The molecule has 1 amide bonds. The normalized spacial score (nSPS) is 19.9. The van der Waals surface area contributed by atoms with Gasteiger partial charge < -0.3 is 15.4 Å². The molecule has 6 heteroatoms. The summed E-state index contributed by atoms with van der Waals surface area (Å²) >= 11 is 1.36. The number of nitrogens with zero attached hydrogens (tertiary/aromatic N) is 1. The Morgan fingerprint density at radius 2 is 2.21 bits per heavy atom. The first-order valence-electron chi connectivity index (χ1n) is 6.15. The minimum atomic E-state index is -0.554. The number of nitrogens with two attached hydrogens (primary N) is 1. The lowest BCUT2D eigenvalue weighted by Crippen LogP contribution is -2.29. The van der Waals surface area contributed by atoms with Crippen molar-refractivity contribution >= 4 is 28.2 Å². The molecule has 1 atom stereocenters. The standard InChI is InChI=1S/C13H18N2O3S/c1-13(2,3)18-12(17)9-4-5-19-11(9)15-7-8(14)6-10(15)16/h4-5,8H,6-7,14H2,1-3H3. The summed E-state index contributed by atoms with van der Waals surface area (Å²) < 4.78 is 5.34. The van der Waals surface area contributed by atoms with Gasteiger partial charge in [0.2, 0.25) is 5.91 Å². The SMILES string of the molecule is CC(C)(C)OC(=O)c1ccsc1N1CC(N)CC1=O. The average Bonchev–Trinajstić information content (AvgIpc) is 2.81. The van der Waals surface area contributed by atoms with Gasteiger partial charge in [-0.2, -0.15) is 0 Å². The van der Waals surface area contributed by atoms with E-state index in [1.807, 2.05) is 20.8 Å². The second-order valence-corrected chi connectivity index (χ2v) is 6.50. The van der Waals surface area contributed by atoms with Gasteiger partial charge in [-0.3, -0.25) is 4.79 Å². The van der Waals surface area contributed by atoms with Crippen LogP contribution in [0, 0.1) is 0 Å². The molecule has 1 fully saturated rings. The number of thiophene rings is 1. The summed E-state index contributed by atoms with van der Waals surface area (Å²) in [6.07, 6.45) is 0.325. The number of carbonyl (C=O) groups is 2. The van der Waals surface area contributed by atoms with E-state index in [-0.39, 0.29) is 11.9 Å². The minimum absolute atomic E-state index is 0.0419. The molecule has 1 aliphatic rings. The van der Waals surface area contributed by atoms with Gasteiger partial charge in [0.1, 0.15) is 10.6 Å². The van der Waals surface area contributed by atoms with Crippen LogP contribution in [0.25, 0.3) is 0 Å². The molecular weight excluding hydrogens is 264 g/mol. The number of ether oxygens (including phenoxy) is 1. The molecule has 5 nitrogen and oxygen atoms in total. The van der Waals surface area contributed by atoms with Crippen molar-refractivity contribution in [2.24, 2.45) is 5.73 Å². The van der Waals surface area contributed by atoms with Crippen molar-refractivity contribution in [3.05, 3.63) is 17.0 Å². The second kappa shape index (κ2) is 4.94. The van der Waals surface area contributed by atoms with E-state index >= 15 is 0 Å². The van der Waals surface area contributed by atoms with Crippen molar-refractivity contribution in [1.29, 1.82) is 0 Å². The molecule has 104 valence electrons. The van der Waals surface area contributed by atoms with Gasteiger partial charge in [0, 0.05) is 19.0 Å². The van der Waals surface area contributed by atoms with Crippen LogP contribution in [0.2, 0.25) is 0 Å². The van der Waals surface area contributed by atoms with Crippen LogP contribution in [-0.2, 0) is 9.53 Å². The Bertz CT molecular complexity index is 504. The Balaban J connectivity index is 2.23. The van der Waals surface area contributed by atoms with E-state index in [0.29, 0.717) is 23.5 Å². The first-order valence-corrected chi connectivity index (χ1v) is 7.02. The lowest BCUT2D eigenvalue weighted by molar-refractivity contribution is -0.117. The third kappa shape index (κ3) is 3.13. The van der Waals surface area contributed by atoms with Gasteiger partial charge in [-0.1, -0.05) is 0 Å². The third-order valence-corrected chi connectivity index (χ3v) is 3.60. The molecule has 1 aromatic heterocycles. The molecule has 0 spiro atoms. The van der Waals surface area contributed by atoms with Crippen LogP contribution in [0.5, 0.6) is 0 Å². The maximum Gasteiger partial charge on any atom is 0.341 e. The van der Waals surface area contributed by atoms with Crippen molar-refractivity contribution in [1.82, 2.24) is 0 Å². The van der Waals surface area contributed by atoms with Gasteiger partial charge in [-0.25, -0.2) is 4.79 Å². The van der Waals surface area contributed by atoms with E-state index < -0.39 is 11.6 Å². The van der Waals surface area contributed by atoms with E-state index in [2.05, 4.69) is 0 Å². The maximum absolute atomic E-state index is 12.1. The molecule has 1 unspecified atom stereocenters. The van der Waals surface area contributed by atoms with E-state index in [4.69, 9.17) is 10.5 Å². The smallest absolute Gasteiger partial charge is 0.341 e. The summed E-state index contributed by atoms with van der Waals surface area (Å²) in [5, 5.41) is 2.42. The molecule has 2 N–H and O–H groups in total. The predicted octanol–water partition coefficient (Wildman–Crippen LogP) is 1.77. The van der Waals surface area contributed by atoms with Crippen molar-refractivity contribution in [3.63, 3.8) is 0 Å². The summed E-state index contributed by atoms with van der Waals surface area (Å²) in [5.74, 6) is -0.447. The van der Waals surface area contributed by atoms with Crippen LogP contribution < -0.4 is 10.6 Å². The molecule has 0 aromatic carbocycles. The van der Waals surface area contributed by atoms with E-state index in [9.17, 15) is 9.59 Å². The molecule has 1 saturated heterocycles. The van der Waals surface area contributed by atoms with Crippen molar-refractivity contribution < 1.29 is 14.3 Å². The number of rotatable bonds is 2. The molecule has 1 aliphatic heterocycles. The predicted molar refractivity (Wildman–Crippen MR) is 74.4 cm³/mol. The summed E-state index contributed by atoms with van der Waals surface area (Å²) in [5.41, 5.74) is 5.65. The summed E-state index contributed by atoms with van der Waals surface area (Å²) in [6.45, 7) is 5.89. The molecule has 2 heterocycles. The fourth-order valence-electron chi connectivity index (χ4n) is 1.93. The van der Waals surface area contributed by atoms with Crippen LogP contribution in [0.4, 0.5) is 5.00 Å². The Morgan fingerprint density at radius 3 is 2.74 bits per heavy atom. The topological polar surface area (TPSA) is 72.6 Å². The highest BCUT2D eigenvalue weighted by Gasteiger charge is 2.32. The fraction of sp³-hybridized carbons (Fsp3) is 0.538. The van der Waals surface area contributed by atoms with Crippen LogP contribution in [0.15, 0.2) is 11.4 Å². The molecule has 19 heavy (non-hydrogen) atoms. The summed E-state index contributed by atoms with van der Waals surface area (Å²) in [6, 6.07) is 1.52. The lowest BCUT2D eigenvalue weighted by Gasteiger charge is -2.21. The van der Waals surface area contributed by atoms with Crippen LogP contribution in [-0.4, -0.2) is 30.1 Å². The molecule has 0 bridgehead atoms. The van der Waals surface area contributed by atoms with Crippen LogP contribution in [0.1, 0.15) is 37.6 Å².